The lowest BCUT2D eigenvalue weighted by Crippen LogP contribution is -2.32. The number of thiophene rings is 1. The summed E-state index contributed by atoms with van der Waals surface area (Å²) in [5.74, 6) is 1.34. The fraction of sp³-hybridized carbons (Fsp3) is 0.312. The minimum absolute atomic E-state index is 0.0338. The van der Waals surface area contributed by atoms with Crippen molar-refractivity contribution in [1.82, 2.24) is 4.90 Å². The Bertz CT molecular complexity index is 635. The topological polar surface area (TPSA) is 33.5 Å². The third-order valence-corrected chi connectivity index (χ3v) is 4.87. The van der Waals surface area contributed by atoms with Crippen LogP contribution in [0.4, 0.5) is 0 Å². The number of carbonyl (C=O) groups excluding carboxylic acids is 1. The van der Waals surface area contributed by atoms with Crippen molar-refractivity contribution < 1.29 is 9.21 Å². The molecule has 1 fully saturated rings. The maximum absolute atomic E-state index is 12.6. The minimum Gasteiger partial charge on any atom is -0.469 e. The van der Waals surface area contributed by atoms with Crippen molar-refractivity contribution in [1.29, 1.82) is 0 Å². The molecule has 2 unspecified atom stereocenters. The predicted molar refractivity (Wildman–Crippen MR) is 84.5 cm³/mol. The van der Waals surface area contributed by atoms with Gasteiger partial charge in [-0.05, 0) is 30.7 Å². The summed E-state index contributed by atoms with van der Waals surface area (Å²) >= 11 is 7.46. The lowest BCUT2D eigenvalue weighted by Gasteiger charge is -2.20. The van der Waals surface area contributed by atoms with Crippen LogP contribution in [0.3, 0.4) is 0 Å². The Morgan fingerprint density at radius 1 is 1.52 bits per heavy atom. The molecule has 3 rings (SSSR count). The van der Waals surface area contributed by atoms with Crippen LogP contribution in [-0.4, -0.2) is 17.4 Å². The highest BCUT2D eigenvalue weighted by Gasteiger charge is 2.47. The average molecular weight is 322 g/mol. The molecule has 110 valence electrons. The molecular formula is C16H16ClNO2S. The number of furan rings is 1. The van der Waals surface area contributed by atoms with E-state index in [4.69, 9.17) is 16.0 Å². The van der Waals surface area contributed by atoms with E-state index < -0.39 is 0 Å². The van der Waals surface area contributed by atoms with Gasteiger partial charge in [0.1, 0.15) is 5.76 Å². The van der Waals surface area contributed by atoms with Gasteiger partial charge >= 0.3 is 0 Å². The van der Waals surface area contributed by atoms with Crippen LogP contribution in [0, 0.1) is 5.92 Å². The van der Waals surface area contributed by atoms with Gasteiger partial charge in [-0.1, -0.05) is 17.7 Å². The van der Waals surface area contributed by atoms with Crippen LogP contribution in [0.2, 0.25) is 4.34 Å². The van der Waals surface area contributed by atoms with Crippen LogP contribution >= 0.6 is 22.9 Å². The summed E-state index contributed by atoms with van der Waals surface area (Å²) in [6, 6.07) is 7.63. The Labute approximate surface area is 132 Å². The molecule has 1 saturated carbocycles. The highest BCUT2D eigenvalue weighted by molar-refractivity contribution is 7.16. The number of amides is 1. The largest absolute Gasteiger partial charge is 0.469 e. The third kappa shape index (κ3) is 3.22. The molecule has 1 amide bonds. The number of hydrogen-bond donors (Lipinski definition) is 0. The van der Waals surface area contributed by atoms with Crippen LogP contribution < -0.4 is 0 Å². The summed E-state index contributed by atoms with van der Waals surface area (Å²) in [7, 11) is 0. The quantitative estimate of drug-likeness (QED) is 0.743. The van der Waals surface area contributed by atoms with E-state index in [1.807, 2.05) is 29.2 Å². The molecule has 0 radical (unpaired) electrons. The van der Waals surface area contributed by atoms with E-state index in [0.717, 1.165) is 21.4 Å². The molecule has 2 atom stereocenters. The molecule has 0 aromatic carbocycles. The number of hydrogen-bond acceptors (Lipinski definition) is 3. The average Bonchev–Trinajstić information content (AvgIpc) is 2.88. The monoisotopic (exact) mass is 321 g/mol. The van der Waals surface area contributed by atoms with E-state index in [-0.39, 0.29) is 17.7 Å². The molecule has 0 saturated heterocycles. The van der Waals surface area contributed by atoms with Crippen molar-refractivity contribution >= 4 is 28.8 Å². The standard InChI is InChI=1S/C16H16ClNO2S/c1-2-7-18(10-11-5-6-15(17)21-11)16(19)13-9-12(13)14-4-3-8-20-14/h2-6,8,12-13H,1,7,9-10H2. The van der Waals surface area contributed by atoms with Gasteiger partial charge in [0.2, 0.25) is 5.91 Å². The summed E-state index contributed by atoms with van der Waals surface area (Å²) in [4.78, 5) is 15.5. The summed E-state index contributed by atoms with van der Waals surface area (Å²) in [6.45, 7) is 4.88. The lowest BCUT2D eigenvalue weighted by molar-refractivity contribution is -0.132. The molecular weight excluding hydrogens is 306 g/mol. The van der Waals surface area contributed by atoms with Crippen molar-refractivity contribution in [2.45, 2.75) is 18.9 Å². The van der Waals surface area contributed by atoms with Crippen LogP contribution in [0.25, 0.3) is 0 Å². The Morgan fingerprint density at radius 3 is 3.00 bits per heavy atom. The highest BCUT2D eigenvalue weighted by atomic mass is 35.5. The zero-order chi connectivity index (χ0) is 14.8. The fourth-order valence-corrected chi connectivity index (χ4v) is 3.64. The zero-order valence-electron chi connectivity index (χ0n) is 11.5. The first-order valence-corrected chi connectivity index (χ1v) is 8.05. The lowest BCUT2D eigenvalue weighted by atomic mass is 10.2. The van der Waals surface area contributed by atoms with Gasteiger partial charge in [-0.3, -0.25) is 4.79 Å². The second-order valence-corrected chi connectivity index (χ2v) is 6.98. The van der Waals surface area contributed by atoms with Gasteiger partial charge < -0.3 is 9.32 Å². The van der Waals surface area contributed by atoms with Crippen molar-refractivity contribution in [2.75, 3.05) is 6.54 Å². The van der Waals surface area contributed by atoms with Gasteiger partial charge in [0.25, 0.3) is 0 Å². The third-order valence-electron chi connectivity index (χ3n) is 3.65. The van der Waals surface area contributed by atoms with Crippen molar-refractivity contribution in [3.05, 3.63) is 58.2 Å². The molecule has 2 aromatic rings. The normalized spacial score (nSPS) is 20.2. The molecule has 1 aliphatic carbocycles. The molecule has 21 heavy (non-hydrogen) atoms. The van der Waals surface area contributed by atoms with Crippen LogP contribution in [-0.2, 0) is 11.3 Å². The minimum atomic E-state index is 0.0338. The predicted octanol–water partition coefficient (Wildman–Crippen LogP) is 4.31. The van der Waals surface area contributed by atoms with Crippen LogP contribution in [0.1, 0.15) is 23.0 Å². The molecule has 3 nitrogen and oxygen atoms in total. The molecule has 2 aromatic heterocycles. The van der Waals surface area contributed by atoms with Gasteiger partial charge in [-0.2, -0.15) is 0 Å². The fourth-order valence-electron chi connectivity index (χ4n) is 2.53. The molecule has 5 heteroatoms. The van der Waals surface area contributed by atoms with E-state index in [9.17, 15) is 4.79 Å². The van der Waals surface area contributed by atoms with Gasteiger partial charge in [-0.25, -0.2) is 0 Å². The molecule has 0 bridgehead atoms. The van der Waals surface area contributed by atoms with E-state index in [2.05, 4.69) is 6.58 Å². The van der Waals surface area contributed by atoms with Crippen LogP contribution in [0.15, 0.2) is 47.6 Å². The molecule has 2 heterocycles. The molecule has 1 aliphatic rings. The second-order valence-electron chi connectivity index (χ2n) is 5.18. The molecule has 0 N–H and O–H groups in total. The first-order chi connectivity index (χ1) is 10.2. The van der Waals surface area contributed by atoms with E-state index in [0.29, 0.717) is 13.1 Å². The smallest absolute Gasteiger partial charge is 0.227 e. The first-order valence-electron chi connectivity index (χ1n) is 6.86. The Morgan fingerprint density at radius 2 is 2.38 bits per heavy atom. The summed E-state index contributed by atoms with van der Waals surface area (Å²) in [5, 5.41) is 0. The molecule has 0 spiro atoms. The SMILES string of the molecule is C=CCN(Cc1ccc(Cl)s1)C(=O)C1CC1c1ccco1. The first kappa shape index (κ1) is 14.4. The van der Waals surface area contributed by atoms with Gasteiger partial charge in [-0.15, -0.1) is 17.9 Å². The summed E-state index contributed by atoms with van der Waals surface area (Å²) in [5.41, 5.74) is 0. The van der Waals surface area contributed by atoms with E-state index in [1.54, 1.807) is 12.3 Å². The summed E-state index contributed by atoms with van der Waals surface area (Å²) < 4.78 is 6.14. The van der Waals surface area contributed by atoms with Gasteiger partial charge in [0, 0.05) is 23.3 Å². The highest BCUT2D eigenvalue weighted by Crippen LogP contribution is 2.48. The number of halogens is 1. The Hall–Kier alpha value is -1.52. The Kier molecular flexibility index (Phi) is 4.17. The number of carbonyl (C=O) groups is 1. The number of nitrogens with zero attached hydrogens (tertiary/aromatic N) is 1. The van der Waals surface area contributed by atoms with Gasteiger partial charge in [0.05, 0.1) is 17.1 Å². The maximum Gasteiger partial charge on any atom is 0.227 e. The van der Waals surface area contributed by atoms with Crippen LogP contribution in [0.5, 0.6) is 0 Å². The van der Waals surface area contributed by atoms with Crippen molar-refractivity contribution in [3.8, 4) is 0 Å². The summed E-state index contributed by atoms with van der Waals surface area (Å²) in [6.07, 6.45) is 4.28. The van der Waals surface area contributed by atoms with Gasteiger partial charge in [0.15, 0.2) is 0 Å². The molecule has 0 aliphatic heterocycles. The van der Waals surface area contributed by atoms with E-state index in [1.165, 1.54) is 11.3 Å². The maximum atomic E-state index is 12.6. The Balaban J connectivity index is 1.66. The second kappa shape index (κ2) is 6.08. The van der Waals surface area contributed by atoms with Crippen molar-refractivity contribution in [3.63, 3.8) is 0 Å². The van der Waals surface area contributed by atoms with Crippen molar-refractivity contribution in [2.24, 2.45) is 5.92 Å². The van der Waals surface area contributed by atoms with E-state index >= 15 is 0 Å². The zero-order valence-corrected chi connectivity index (χ0v) is 13.1. The number of rotatable bonds is 6.